The van der Waals surface area contributed by atoms with Crippen LogP contribution in [0.25, 0.3) is 11.4 Å². The van der Waals surface area contributed by atoms with Crippen LogP contribution in [-0.4, -0.2) is 25.0 Å². The van der Waals surface area contributed by atoms with Gasteiger partial charge in [0.15, 0.2) is 0 Å². The predicted octanol–water partition coefficient (Wildman–Crippen LogP) is 3.23. The smallest absolute Gasteiger partial charge is 0.136 e. The van der Waals surface area contributed by atoms with Crippen molar-refractivity contribution in [2.45, 2.75) is 46.6 Å². The molecule has 0 aromatic carbocycles. The van der Waals surface area contributed by atoms with Crippen LogP contribution in [0.3, 0.4) is 0 Å². The molecule has 0 aliphatic rings. The van der Waals surface area contributed by atoms with Crippen LogP contribution in [0.4, 0.5) is 0 Å². The zero-order valence-corrected chi connectivity index (χ0v) is 12.4. The van der Waals surface area contributed by atoms with Gasteiger partial charge in [0.05, 0.1) is 11.9 Å². The molecule has 0 N–H and O–H groups in total. The maximum atomic E-state index is 6.21. The summed E-state index contributed by atoms with van der Waals surface area (Å²) in [6.45, 7) is 8.93. The van der Waals surface area contributed by atoms with Crippen LogP contribution in [0.1, 0.15) is 44.5 Å². The molecule has 2 rings (SSSR count). The lowest BCUT2D eigenvalue weighted by atomic mass is 10.1. The number of rotatable bonds is 4. The molecule has 19 heavy (non-hydrogen) atoms. The summed E-state index contributed by atoms with van der Waals surface area (Å²) in [4.78, 5) is 8.94. The van der Waals surface area contributed by atoms with Crippen LogP contribution in [0, 0.1) is 6.92 Å². The highest BCUT2D eigenvalue weighted by atomic mass is 35.5. The number of halogens is 1. The quantitative estimate of drug-likeness (QED) is 0.806. The Morgan fingerprint density at radius 1 is 1.32 bits per heavy atom. The highest BCUT2D eigenvalue weighted by Crippen LogP contribution is 2.27. The van der Waals surface area contributed by atoms with Gasteiger partial charge in [0.1, 0.15) is 16.7 Å². The van der Waals surface area contributed by atoms with Crippen molar-refractivity contribution in [1.82, 2.24) is 25.0 Å². The van der Waals surface area contributed by atoms with Crippen molar-refractivity contribution in [3.05, 3.63) is 22.7 Å². The molecule has 2 heterocycles. The molecule has 0 atom stereocenters. The number of hydrogen-bond acceptors (Lipinski definition) is 4. The molecule has 0 aliphatic heterocycles. The second-order valence-electron chi connectivity index (χ2n) is 4.84. The van der Waals surface area contributed by atoms with Gasteiger partial charge in [0, 0.05) is 18.0 Å². The lowest BCUT2D eigenvalue weighted by Crippen LogP contribution is -2.07. The number of hydrogen-bond donors (Lipinski definition) is 0. The van der Waals surface area contributed by atoms with Crippen LogP contribution < -0.4 is 0 Å². The van der Waals surface area contributed by atoms with Gasteiger partial charge in [-0.05, 0) is 13.3 Å². The fraction of sp³-hybridized carbons (Fsp3) is 0.538. The predicted molar refractivity (Wildman–Crippen MR) is 75.2 cm³/mol. The summed E-state index contributed by atoms with van der Waals surface area (Å²) in [5, 5.41) is 8.56. The number of aromatic nitrogens is 5. The van der Waals surface area contributed by atoms with Crippen molar-refractivity contribution < 1.29 is 0 Å². The molecule has 0 aliphatic carbocycles. The Kier molecular flexibility index (Phi) is 4.14. The third kappa shape index (κ3) is 2.76. The molecule has 6 heteroatoms. The molecule has 5 nitrogen and oxygen atoms in total. The van der Waals surface area contributed by atoms with Crippen LogP contribution in [-0.2, 0) is 6.54 Å². The van der Waals surface area contributed by atoms with Crippen molar-refractivity contribution in [2.24, 2.45) is 0 Å². The van der Waals surface area contributed by atoms with E-state index in [4.69, 9.17) is 11.6 Å². The third-order valence-corrected chi connectivity index (χ3v) is 3.28. The fourth-order valence-corrected chi connectivity index (χ4v) is 2.01. The van der Waals surface area contributed by atoms with Gasteiger partial charge in [-0.25, -0.2) is 14.6 Å². The van der Waals surface area contributed by atoms with E-state index in [0.29, 0.717) is 5.15 Å². The van der Waals surface area contributed by atoms with Crippen molar-refractivity contribution in [1.29, 1.82) is 0 Å². The summed E-state index contributed by atoms with van der Waals surface area (Å²) in [6.07, 6.45) is 2.72. The first-order valence-corrected chi connectivity index (χ1v) is 6.85. The average Bonchev–Trinajstić information content (AvgIpc) is 2.81. The number of nitrogens with zero attached hydrogens (tertiary/aromatic N) is 5. The van der Waals surface area contributed by atoms with Crippen LogP contribution >= 0.6 is 11.6 Å². The molecule has 0 bridgehead atoms. The van der Waals surface area contributed by atoms with Gasteiger partial charge < -0.3 is 0 Å². The van der Waals surface area contributed by atoms with E-state index in [-0.39, 0.29) is 5.92 Å². The van der Waals surface area contributed by atoms with Crippen molar-refractivity contribution in [3.63, 3.8) is 0 Å². The standard InChI is InChI=1S/C13H18ClN5/c1-5-6-19-10(7-15-18-19)11-9(4)12(14)17-13(16-11)8(2)3/h7-8H,5-6H2,1-4H3. The Bertz CT molecular complexity index is 576. The Labute approximate surface area is 118 Å². The van der Waals surface area contributed by atoms with E-state index >= 15 is 0 Å². The Hall–Kier alpha value is -1.49. The highest BCUT2D eigenvalue weighted by molar-refractivity contribution is 6.30. The van der Waals surface area contributed by atoms with E-state index < -0.39 is 0 Å². The third-order valence-electron chi connectivity index (χ3n) is 2.92. The molecule has 0 unspecified atom stereocenters. The van der Waals surface area contributed by atoms with Crippen LogP contribution in [0.5, 0.6) is 0 Å². The highest BCUT2D eigenvalue weighted by Gasteiger charge is 2.16. The Morgan fingerprint density at radius 3 is 2.68 bits per heavy atom. The first-order valence-electron chi connectivity index (χ1n) is 6.47. The van der Waals surface area contributed by atoms with Gasteiger partial charge in [-0.2, -0.15) is 0 Å². The Morgan fingerprint density at radius 2 is 2.05 bits per heavy atom. The molecule has 0 amide bonds. The fourth-order valence-electron chi connectivity index (χ4n) is 1.83. The van der Waals surface area contributed by atoms with Gasteiger partial charge in [0.25, 0.3) is 0 Å². The average molecular weight is 280 g/mol. The molecule has 0 saturated heterocycles. The van der Waals surface area contributed by atoms with E-state index in [2.05, 4.69) is 27.2 Å². The monoisotopic (exact) mass is 279 g/mol. The topological polar surface area (TPSA) is 56.5 Å². The lowest BCUT2D eigenvalue weighted by molar-refractivity contribution is 0.582. The van der Waals surface area contributed by atoms with Gasteiger partial charge in [-0.15, -0.1) is 5.10 Å². The first-order chi connectivity index (χ1) is 9.04. The molecule has 102 valence electrons. The van der Waals surface area contributed by atoms with E-state index in [0.717, 1.165) is 35.7 Å². The van der Waals surface area contributed by atoms with Crippen molar-refractivity contribution >= 4 is 11.6 Å². The minimum Gasteiger partial charge on any atom is -0.243 e. The molecule has 0 spiro atoms. The number of aryl methyl sites for hydroxylation is 1. The maximum Gasteiger partial charge on any atom is 0.136 e. The van der Waals surface area contributed by atoms with E-state index in [1.54, 1.807) is 6.20 Å². The molecular weight excluding hydrogens is 262 g/mol. The van der Waals surface area contributed by atoms with Gasteiger partial charge in [-0.1, -0.05) is 37.6 Å². The molecule has 0 fully saturated rings. The van der Waals surface area contributed by atoms with Crippen LogP contribution in [0.2, 0.25) is 5.15 Å². The normalized spacial score (nSPS) is 11.3. The molecule has 0 saturated carbocycles. The molecule has 2 aromatic heterocycles. The Balaban J connectivity index is 2.57. The van der Waals surface area contributed by atoms with Gasteiger partial charge >= 0.3 is 0 Å². The van der Waals surface area contributed by atoms with Crippen molar-refractivity contribution in [2.75, 3.05) is 0 Å². The second kappa shape index (κ2) is 5.65. The lowest BCUT2D eigenvalue weighted by Gasteiger charge is -2.11. The minimum absolute atomic E-state index is 0.229. The van der Waals surface area contributed by atoms with E-state index in [1.165, 1.54) is 0 Å². The van der Waals surface area contributed by atoms with Gasteiger partial charge in [-0.3, -0.25) is 0 Å². The zero-order valence-electron chi connectivity index (χ0n) is 11.7. The van der Waals surface area contributed by atoms with E-state index in [1.807, 2.05) is 25.5 Å². The molecule has 2 aromatic rings. The molecule has 0 radical (unpaired) electrons. The zero-order chi connectivity index (χ0) is 14.0. The van der Waals surface area contributed by atoms with Gasteiger partial charge in [0.2, 0.25) is 0 Å². The summed E-state index contributed by atoms with van der Waals surface area (Å²) >= 11 is 6.21. The maximum absolute atomic E-state index is 6.21. The van der Waals surface area contributed by atoms with Crippen LogP contribution in [0.15, 0.2) is 6.20 Å². The minimum atomic E-state index is 0.229. The van der Waals surface area contributed by atoms with Crippen molar-refractivity contribution in [3.8, 4) is 11.4 Å². The summed E-state index contributed by atoms with van der Waals surface area (Å²) in [6, 6.07) is 0. The largest absolute Gasteiger partial charge is 0.243 e. The summed E-state index contributed by atoms with van der Waals surface area (Å²) in [7, 11) is 0. The summed E-state index contributed by atoms with van der Waals surface area (Å²) in [5.41, 5.74) is 2.58. The first kappa shape index (κ1) is 13.9. The second-order valence-corrected chi connectivity index (χ2v) is 5.20. The summed E-state index contributed by atoms with van der Waals surface area (Å²) in [5.74, 6) is 0.974. The summed E-state index contributed by atoms with van der Waals surface area (Å²) < 4.78 is 1.86. The molecular formula is C13H18ClN5. The van der Waals surface area contributed by atoms with E-state index in [9.17, 15) is 0 Å². The SMILES string of the molecule is CCCn1nncc1-c1nc(C(C)C)nc(Cl)c1C.